The maximum absolute atomic E-state index is 13.3. The van der Waals surface area contributed by atoms with Crippen molar-refractivity contribution >= 4 is 22.8 Å². The van der Waals surface area contributed by atoms with E-state index in [1.54, 1.807) is 25.3 Å². The molecule has 8 heteroatoms. The van der Waals surface area contributed by atoms with Gasteiger partial charge in [-0.15, -0.1) is 0 Å². The molecule has 2 amide bonds. The normalized spacial score (nSPS) is 13.2. The van der Waals surface area contributed by atoms with E-state index in [4.69, 9.17) is 0 Å². The van der Waals surface area contributed by atoms with E-state index in [1.165, 1.54) is 12.1 Å². The van der Waals surface area contributed by atoms with Crippen molar-refractivity contribution < 1.29 is 14.0 Å². The SMILES string of the molecule is CCN(C)C(C)C(=O)N[C@@H](Cc1ccc(F)cc1)C(=O)NCc1cnc2[nH]ccc2c1. The van der Waals surface area contributed by atoms with Gasteiger partial charge in [0.15, 0.2) is 0 Å². The molecule has 31 heavy (non-hydrogen) atoms. The highest BCUT2D eigenvalue weighted by Gasteiger charge is 2.25. The smallest absolute Gasteiger partial charge is 0.243 e. The molecular weight excluding hydrogens is 397 g/mol. The van der Waals surface area contributed by atoms with Crippen molar-refractivity contribution in [3.8, 4) is 0 Å². The quantitative estimate of drug-likeness (QED) is 0.491. The molecule has 0 saturated heterocycles. The van der Waals surface area contributed by atoms with Gasteiger partial charge in [0.05, 0.1) is 6.04 Å². The number of nitrogens with one attached hydrogen (secondary N) is 3. The lowest BCUT2D eigenvalue weighted by atomic mass is 10.0. The zero-order valence-corrected chi connectivity index (χ0v) is 18.0. The number of halogens is 1. The van der Waals surface area contributed by atoms with Gasteiger partial charge >= 0.3 is 0 Å². The molecule has 0 aliphatic rings. The van der Waals surface area contributed by atoms with E-state index < -0.39 is 6.04 Å². The van der Waals surface area contributed by atoms with Gasteiger partial charge < -0.3 is 15.6 Å². The number of pyridine rings is 1. The Morgan fingerprint density at radius 3 is 2.61 bits per heavy atom. The second-order valence-corrected chi connectivity index (χ2v) is 7.62. The lowest BCUT2D eigenvalue weighted by Gasteiger charge is -2.25. The van der Waals surface area contributed by atoms with Crippen LogP contribution in [0.25, 0.3) is 11.0 Å². The first-order valence-corrected chi connectivity index (χ1v) is 10.3. The number of amides is 2. The number of carbonyl (C=O) groups excluding carboxylic acids is 2. The van der Waals surface area contributed by atoms with Crippen molar-refractivity contribution in [1.29, 1.82) is 0 Å². The molecule has 0 radical (unpaired) electrons. The molecule has 1 unspecified atom stereocenters. The third-order valence-corrected chi connectivity index (χ3v) is 5.45. The van der Waals surface area contributed by atoms with Gasteiger partial charge in [0, 0.05) is 30.7 Å². The van der Waals surface area contributed by atoms with Gasteiger partial charge in [-0.2, -0.15) is 0 Å². The number of H-pyrrole nitrogens is 1. The predicted molar refractivity (Wildman–Crippen MR) is 118 cm³/mol. The van der Waals surface area contributed by atoms with Gasteiger partial charge in [0.2, 0.25) is 11.8 Å². The molecular formula is C23H28FN5O2. The number of hydrogen-bond acceptors (Lipinski definition) is 4. The van der Waals surface area contributed by atoms with Crippen molar-refractivity contribution in [2.24, 2.45) is 0 Å². The third-order valence-electron chi connectivity index (χ3n) is 5.45. The van der Waals surface area contributed by atoms with Gasteiger partial charge in [-0.3, -0.25) is 14.5 Å². The van der Waals surface area contributed by atoms with E-state index >= 15 is 0 Å². The maximum Gasteiger partial charge on any atom is 0.243 e. The molecule has 3 aromatic rings. The Kier molecular flexibility index (Phi) is 7.36. The molecule has 2 aromatic heterocycles. The number of likely N-dealkylation sites (N-methyl/N-ethyl adjacent to an activating group) is 1. The van der Waals surface area contributed by atoms with Crippen molar-refractivity contribution in [2.45, 2.75) is 38.9 Å². The summed E-state index contributed by atoms with van der Waals surface area (Å²) in [5, 5.41) is 6.69. The van der Waals surface area contributed by atoms with Crippen LogP contribution < -0.4 is 10.6 Å². The van der Waals surface area contributed by atoms with Crippen LogP contribution >= 0.6 is 0 Å². The maximum atomic E-state index is 13.3. The average Bonchev–Trinajstić information content (AvgIpc) is 3.25. The summed E-state index contributed by atoms with van der Waals surface area (Å²) in [5.41, 5.74) is 2.39. The van der Waals surface area contributed by atoms with Crippen LogP contribution in [0.1, 0.15) is 25.0 Å². The number of rotatable bonds is 9. The van der Waals surface area contributed by atoms with Crippen LogP contribution in [-0.4, -0.2) is 52.4 Å². The average molecular weight is 426 g/mol. The lowest BCUT2D eigenvalue weighted by Crippen LogP contribution is -2.53. The number of carbonyl (C=O) groups is 2. The summed E-state index contributed by atoms with van der Waals surface area (Å²) in [6.45, 7) is 4.75. The van der Waals surface area contributed by atoms with Crippen LogP contribution in [0.4, 0.5) is 4.39 Å². The van der Waals surface area contributed by atoms with E-state index in [-0.39, 0.29) is 36.6 Å². The summed E-state index contributed by atoms with van der Waals surface area (Å²) >= 11 is 0. The Labute approximate surface area is 181 Å². The number of aromatic amines is 1. The van der Waals surface area contributed by atoms with Crippen LogP contribution in [0.3, 0.4) is 0 Å². The predicted octanol–water partition coefficient (Wildman–Crippen LogP) is 2.39. The molecule has 0 saturated carbocycles. The van der Waals surface area contributed by atoms with E-state index in [1.807, 2.05) is 37.2 Å². The molecule has 2 heterocycles. The second-order valence-electron chi connectivity index (χ2n) is 7.62. The summed E-state index contributed by atoms with van der Waals surface area (Å²) in [7, 11) is 1.85. The fraction of sp³-hybridized carbons (Fsp3) is 0.348. The van der Waals surface area contributed by atoms with Crippen LogP contribution in [0.2, 0.25) is 0 Å². The third kappa shape index (κ3) is 5.88. The van der Waals surface area contributed by atoms with Crippen molar-refractivity contribution in [2.75, 3.05) is 13.6 Å². The zero-order valence-electron chi connectivity index (χ0n) is 18.0. The molecule has 0 spiro atoms. The van der Waals surface area contributed by atoms with Gasteiger partial charge in [0.1, 0.15) is 17.5 Å². The molecule has 3 N–H and O–H groups in total. The zero-order chi connectivity index (χ0) is 22.4. The summed E-state index contributed by atoms with van der Waals surface area (Å²) in [6.07, 6.45) is 3.77. The summed E-state index contributed by atoms with van der Waals surface area (Å²) in [6, 6.07) is 8.62. The molecule has 0 bridgehead atoms. The van der Waals surface area contributed by atoms with E-state index in [9.17, 15) is 14.0 Å². The first-order valence-electron chi connectivity index (χ1n) is 10.3. The number of aromatic nitrogens is 2. The molecule has 1 aromatic carbocycles. The Morgan fingerprint density at radius 2 is 1.90 bits per heavy atom. The largest absolute Gasteiger partial charge is 0.350 e. The van der Waals surface area contributed by atoms with E-state index in [0.717, 1.165) is 22.2 Å². The fourth-order valence-electron chi connectivity index (χ4n) is 3.23. The van der Waals surface area contributed by atoms with Crippen molar-refractivity contribution in [1.82, 2.24) is 25.5 Å². The Morgan fingerprint density at radius 1 is 1.16 bits per heavy atom. The Bertz CT molecular complexity index is 1030. The number of fused-ring (bicyclic) bond motifs is 1. The van der Waals surface area contributed by atoms with E-state index in [0.29, 0.717) is 6.54 Å². The molecule has 2 atom stereocenters. The highest BCUT2D eigenvalue weighted by molar-refractivity contribution is 5.89. The minimum atomic E-state index is -0.783. The first-order chi connectivity index (χ1) is 14.9. The Hall–Kier alpha value is -3.26. The molecule has 7 nitrogen and oxygen atoms in total. The summed E-state index contributed by atoms with van der Waals surface area (Å²) in [5.74, 6) is -0.889. The molecule has 0 fully saturated rings. The monoisotopic (exact) mass is 425 g/mol. The molecule has 0 aliphatic heterocycles. The van der Waals surface area contributed by atoms with Gasteiger partial charge in [-0.25, -0.2) is 9.37 Å². The van der Waals surface area contributed by atoms with Crippen LogP contribution in [0, 0.1) is 5.82 Å². The second kappa shape index (κ2) is 10.2. The molecule has 164 valence electrons. The number of benzene rings is 1. The summed E-state index contributed by atoms with van der Waals surface area (Å²) < 4.78 is 13.3. The first kappa shape index (κ1) is 22.4. The molecule has 3 rings (SSSR count). The van der Waals surface area contributed by atoms with E-state index in [2.05, 4.69) is 20.6 Å². The topological polar surface area (TPSA) is 90.1 Å². The Balaban J connectivity index is 1.70. The standard InChI is InChI=1S/C23H28FN5O2/c1-4-29(3)15(2)22(30)28-20(12-16-5-7-19(24)8-6-16)23(31)27-14-17-11-18-9-10-25-21(18)26-13-17/h5-11,13,15,20H,4,12,14H2,1-3H3,(H,25,26)(H,27,31)(H,28,30)/t15?,20-/m0/s1. The van der Waals surface area contributed by atoms with Crippen molar-refractivity contribution in [3.63, 3.8) is 0 Å². The summed E-state index contributed by atoms with van der Waals surface area (Å²) in [4.78, 5) is 34.9. The minimum absolute atomic E-state index is 0.234. The van der Waals surface area contributed by atoms with Crippen LogP contribution in [0.5, 0.6) is 0 Å². The van der Waals surface area contributed by atoms with Crippen molar-refractivity contribution in [3.05, 3.63) is 65.7 Å². The number of nitrogens with zero attached hydrogens (tertiary/aromatic N) is 2. The fourth-order valence-corrected chi connectivity index (χ4v) is 3.23. The lowest BCUT2D eigenvalue weighted by molar-refractivity contribution is -0.131. The van der Waals surface area contributed by atoms with Gasteiger partial charge in [-0.05, 0) is 55.9 Å². The number of hydrogen-bond donors (Lipinski definition) is 3. The van der Waals surface area contributed by atoms with Crippen LogP contribution in [0.15, 0.2) is 48.8 Å². The highest BCUT2D eigenvalue weighted by Crippen LogP contribution is 2.12. The molecule has 0 aliphatic carbocycles. The minimum Gasteiger partial charge on any atom is -0.350 e. The highest BCUT2D eigenvalue weighted by atomic mass is 19.1. The van der Waals surface area contributed by atoms with Crippen LogP contribution in [-0.2, 0) is 22.6 Å². The van der Waals surface area contributed by atoms with Gasteiger partial charge in [0.25, 0.3) is 0 Å². The van der Waals surface area contributed by atoms with Gasteiger partial charge in [-0.1, -0.05) is 19.1 Å².